The lowest BCUT2D eigenvalue weighted by Gasteiger charge is -2.26. The number of morpholine rings is 1. The van der Waals surface area contributed by atoms with Crippen LogP contribution >= 0.6 is 0 Å². The van der Waals surface area contributed by atoms with Crippen LogP contribution in [-0.4, -0.2) is 57.5 Å². The summed E-state index contributed by atoms with van der Waals surface area (Å²) in [5.74, 6) is -1.10. The minimum absolute atomic E-state index is 0.142. The molecule has 1 fully saturated rings. The Bertz CT molecular complexity index is 1010. The van der Waals surface area contributed by atoms with Crippen LogP contribution in [0.25, 0.3) is 0 Å². The first-order valence-corrected chi connectivity index (χ1v) is 10.9. The zero-order chi connectivity index (χ0) is 21.7. The molecule has 30 heavy (non-hydrogen) atoms. The second-order valence-corrected chi connectivity index (χ2v) is 8.98. The predicted octanol–water partition coefficient (Wildman–Crippen LogP) is 2.12. The molecule has 1 aliphatic heterocycles. The Kier molecular flexibility index (Phi) is 6.86. The van der Waals surface area contributed by atoms with E-state index in [9.17, 15) is 18.0 Å². The van der Waals surface area contributed by atoms with E-state index in [1.54, 1.807) is 12.1 Å². The van der Waals surface area contributed by atoms with Crippen LogP contribution in [0.15, 0.2) is 47.4 Å². The van der Waals surface area contributed by atoms with E-state index in [4.69, 9.17) is 9.47 Å². The summed E-state index contributed by atoms with van der Waals surface area (Å²) < 4.78 is 36.8. The molecule has 0 unspecified atom stereocenters. The molecule has 9 heteroatoms. The van der Waals surface area contributed by atoms with E-state index < -0.39 is 28.5 Å². The molecule has 1 amide bonds. The molecular formula is C21H24N2O6S. The number of benzene rings is 2. The van der Waals surface area contributed by atoms with Crippen LogP contribution in [0.5, 0.6) is 0 Å². The van der Waals surface area contributed by atoms with Crippen molar-refractivity contribution in [2.24, 2.45) is 0 Å². The SMILES string of the molecule is Cc1cc(C)cc(C(=O)OCC(=O)Nc2ccc(S(=O)(=O)N3CCOCC3)cc2)c1. The molecule has 0 saturated carbocycles. The average molecular weight is 432 g/mol. The van der Waals surface area contributed by atoms with Gasteiger partial charge in [-0.25, -0.2) is 13.2 Å². The molecule has 1 saturated heterocycles. The van der Waals surface area contributed by atoms with Crippen molar-refractivity contribution in [2.75, 3.05) is 38.2 Å². The minimum Gasteiger partial charge on any atom is -0.452 e. The number of hydrogen-bond donors (Lipinski definition) is 1. The van der Waals surface area contributed by atoms with Crippen molar-refractivity contribution in [3.8, 4) is 0 Å². The Hall–Kier alpha value is -2.75. The monoisotopic (exact) mass is 432 g/mol. The van der Waals surface area contributed by atoms with Crippen molar-refractivity contribution in [1.29, 1.82) is 0 Å². The fraction of sp³-hybridized carbons (Fsp3) is 0.333. The normalized spacial score (nSPS) is 14.9. The summed E-state index contributed by atoms with van der Waals surface area (Å²) in [5, 5.41) is 2.59. The van der Waals surface area contributed by atoms with Gasteiger partial charge >= 0.3 is 5.97 Å². The third kappa shape index (κ3) is 5.44. The Labute approximate surface area is 175 Å². The Morgan fingerprint density at radius 3 is 2.23 bits per heavy atom. The van der Waals surface area contributed by atoms with Crippen LogP contribution in [0.3, 0.4) is 0 Å². The van der Waals surface area contributed by atoms with Crippen LogP contribution in [0.2, 0.25) is 0 Å². The second-order valence-electron chi connectivity index (χ2n) is 7.04. The number of ether oxygens (including phenoxy) is 2. The van der Waals surface area contributed by atoms with Crippen molar-refractivity contribution < 1.29 is 27.5 Å². The molecule has 8 nitrogen and oxygen atoms in total. The van der Waals surface area contributed by atoms with Crippen LogP contribution in [-0.2, 0) is 24.3 Å². The lowest BCUT2D eigenvalue weighted by atomic mass is 10.1. The molecule has 0 atom stereocenters. The zero-order valence-electron chi connectivity index (χ0n) is 16.9. The van der Waals surface area contributed by atoms with Gasteiger partial charge in [-0.2, -0.15) is 4.31 Å². The number of nitrogens with one attached hydrogen (secondary N) is 1. The van der Waals surface area contributed by atoms with Crippen LogP contribution < -0.4 is 5.32 Å². The molecule has 160 valence electrons. The van der Waals surface area contributed by atoms with Gasteiger partial charge in [-0.3, -0.25) is 4.79 Å². The number of nitrogens with zero attached hydrogens (tertiary/aromatic N) is 1. The largest absolute Gasteiger partial charge is 0.452 e. The Morgan fingerprint density at radius 2 is 1.63 bits per heavy atom. The van der Waals surface area contributed by atoms with Crippen molar-refractivity contribution >= 4 is 27.6 Å². The Morgan fingerprint density at radius 1 is 1.03 bits per heavy atom. The number of rotatable bonds is 6. The number of hydrogen-bond acceptors (Lipinski definition) is 6. The van der Waals surface area contributed by atoms with Gasteiger partial charge in [-0.05, 0) is 50.2 Å². The molecule has 0 radical (unpaired) electrons. The first-order valence-electron chi connectivity index (χ1n) is 9.49. The zero-order valence-corrected chi connectivity index (χ0v) is 17.7. The maximum atomic E-state index is 12.6. The summed E-state index contributed by atoms with van der Waals surface area (Å²) in [6, 6.07) is 11.2. The summed E-state index contributed by atoms with van der Waals surface area (Å²) in [5.41, 5.74) is 2.65. The number of carbonyl (C=O) groups excluding carboxylic acids is 2. The molecular weight excluding hydrogens is 408 g/mol. The highest BCUT2D eigenvalue weighted by Gasteiger charge is 2.26. The van der Waals surface area contributed by atoms with Gasteiger partial charge in [0.25, 0.3) is 5.91 Å². The summed E-state index contributed by atoms with van der Waals surface area (Å²) in [6.07, 6.45) is 0. The van der Waals surface area contributed by atoms with Gasteiger partial charge in [0.15, 0.2) is 6.61 Å². The minimum atomic E-state index is -3.60. The van der Waals surface area contributed by atoms with Gasteiger partial charge in [-0.1, -0.05) is 17.2 Å². The molecule has 0 spiro atoms. The molecule has 2 aromatic rings. The summed E-state index contributed by atoms with van der Waals surface area (Å²) in [4.78, 5) is 24.4. The van der Waals surface area contributed by atoms with Crippen molar-refractivity contribution in [3.05, 3.63) is 59.2 Å². The molecule has 0 bridgehead atoms. The summed E-state index contributed by atoms with van der Waals surface area (Å²) in [6.45, 7) is 4.67. The molecule has 0 aromatic heterocycles. The topological polar surface area (TPSA) is 102 Å². The van der Waals surface area contributed by atoms with E-state index in [2.05, 4.69) is 5.32 Å². The second kappa shape index (κ2) is 9.38. The fourth-order valence-corrected chi connectivity index (χ4v) is 4.56. The number of esters is 1. The number of carbonyl (C=O) groups is 2. The number of aryl methyl sites for hydroxylation is 2. The first kappa shape index (κ1) is 21.9. The van der Waals surface area contributed by atoms with E-state index in [0.717, 1.165) is 11.1 Å². The van der Waals surface area contributed by atoms with Crippen molar-refractivity contribution in [2.45, 2.75) is 18.7 Å². The van der Waals surface area contributed by atoms with Crippen LogP contribution in [0.4, 0.5) is 5.69 Å². The highest BCUT2D eigenvalue weighted by molar-refractivity contribution is 7.89. The predicted molar refractivity (Wildman–Crippen MR) is 111 cm³/mol. The van der Waals surface area contributed by atoms with Crippen molar-refractivity contribution in [3.63, 3.8) is 0 Å². The third-order valence-corrected chi connectivity index (χ3v) is 6.45. The molecule has 1 heterocycles. The van der Waals surface area contributed by atoms with E-state index in [0.29, 0.717) is 37.6 Å². The summed E-state index contributed by atoms with van der Waals surface area (Å²) in [7, 11) is -3.60. The van der Waals surface area contributed by atoms with Gasteiger partial charge in [0.2, 0.25) is 10.0 Å². The first-order chi connectivity index (χ1) is 14.3. The molecule has 2 aromatic carbocycles. The lowest BCUT2D eigenvalue weighted by molar-refractivity contribution is -0.119. The molecule has 1 aliphatic rings. The average Bonchev–Trinajstić information content (AvgIpc) is 2.72. The van der Waals surface area contributed by atoms with Gasteiger partial charge in [0.05, 0.1) is 23.7 Å². The van der Waals surface area contributed by atoms with Crippen LogP contribution in [0, 0.1) is 13.8 Å². The number of amides is 1. The van der Waals surface area contributed by atoms with Crippen LogP contribution in [0.1, 0.15) is 21.5 Å². The van der Waals surface area contributed by atoms with Gasteiger partial charge in [-0.15, -0.1) is 0 Å². The van der Waals surface area contributed by atoms with E-state index >= 15 is 0 Å². The molecule has 0 aliphatic carbocycles. The standard InChI is InChI=1S/C21H24N2O6S/c1-15-11-16(2)13-17(12-15)21(25)29-14-20(24)22-18-3-5-19(6-4-18)30(26,27)23-7-9-28-10-8-23/h3-6,11-13H,7-10,14H2,1-2H3,(H,22,24). The lowest BCUT2D eigenvalue weighted by Crippen LogP contribution is -2.40. The van der Waals surface area contributed by atoms with Gasteiger partial charge in [0, 0.05) is 18.8 Å². The Balaban J connectivity index is 1.56. The van der Waals surface area contributed by atoms with Gasteiger partial charge < -0.3 is 14.8 Å². The summed E-state index contributed by atoms with van der Waals surface area (Å²) >= 11 is 0. The number of sulfonamides is 1. The highest BCUT2D eigenvalue weighted by atomic mass is 32.2. The molecule has 1 N–H and O–H groups in total. The van der Waals surface area contributed by atoms with E-state index in [1.807, 2.05) is 19.9 Å². The quantitative estimate of drug-likeness (QED) is 0.702. The van der Waals surface area contributed by atoms with E-state index in [1.165, 1.54) is 28.6 Å². The molecule has 3 rings (SSSR count). The smallest absolute Gasteiger partial charge is 0.338 e. The maximum Gasteiger partial charge on any atom is 0.338 e. The fourth-order valence-electron chi connectivity index (χ4n) is 3.15. The van der Waals surface area contributed by atoms with Gasteiger partial charge in [0.1, 0.15) is 0 Å². The van der Waals surface area contributed by atoms with Crippen molar-refractivity contribution in [1.82, 2.24) is 4.31 Å². The highest BCUT2D eigenvalue weighted by Crippen LogP contribution is 2.19. The van der Waals surface area contributed by atoms with E-state index in [-0.39, 0.29) is 4.90 Å². The number of anilines is 1. The third-order valence-electron chi connectivity index (χ3n) is 4.54. The maximum absolute atomic E-state index is 12.6.